The third kappa shape index (κ3) is 3.20. The minimum atomic E-state index is -0.944. The van der Waals surface area contributed by atoms with Crippen molar-refractivity contribution in [2.45, 2.75) is 45.2 Å². The minimum absolute atomic E-state index is 0.0939. The molecular formula is C11H20N2O3. The third-order valence-electron chi connectivity index (χ3n) is 2.63. The first-order chi connectivity index (χ1) is 7.35. The molecular weight excluding hydrogens is 208 g/mol. The van der Waals surface area contributed by atoms with E-state index in [9.17, 15) is 9.59 Å². The maximum atomic E-state index is 11.9. The molecule has 1 aliphatic heterocycles. The molecule has 0 aliphatic carbocycles. The molecule has 0 aromatic carbocycles. The number of carbonyl (C=O) groups is 2. The fourth-order valence-electron chi connectivity index (χ4n) is 2.13. The third-order valence-corrected chi connectivity index (χ3v) is 2.63. The largest absolute Gasteiger partial charge is 0.481 e. The van der Waals surface area contributed by atoms with Crippen molar-refractivity contribution in [3.8, 4) is 0 Å². The van der Waals surface area contributed by atoms with Gasteiger partial charge >= 0.3 is 5.97 Å². The summed E-state index contributed by atoms with van der Waals surface area (Å²) in [6.45, 7) is 7.30. The number of nitrogens with one attached hydrogen (secondary N) is 1. The first kappa shape index (κ1) is 13.0. The molecule has 1 aliphatic rings. The highest BCUT2D eigenvalue weighted by atomic mass is 16.4. The molecule has 0 spiro atoms. The lowest BCUT2D eigenvalue weighted by Crippen LogP contribution is -2.65. The van der Waals surface area contributed by atoms with E-state index in [4.69, 9.17) is 5.11 Å². The summed E-state index contributed by atoms with van der Waals surface area (Å²) in [5, 5.41) is 11.8. The van der Waals surface area contributed by atoms with Gasteiger partial charge in [-0.25, -0.2) is 0 Å². The Bertz CT molecular complexity index is 289. The number of aliphatic carboxylic acids is 1. The van der Waals surface area contributed by atoms with Gasteiger partial charge in [-0.2, -0.15) is 0 Å². The number of carboxylic acids is 1. The fraction of sp³-hybridized carbons (Fsp3) is 0.818. The second kappa shape index (κ2) is 4.82. The van der Waals surface area contributed by atoms with Crippen LogP contribution in [0, 0.1) is 0 Å². The van der Waals surface area contributed by atoms with Crippen molar-refractivity contribution in [1.29, 1.82) is 0 Å². The highest BCUT2D eigenvalue weighted by molar-refractivity contribution is 5.87. The lowest BCUT2D eigenvalue weighted by Gasteiger charge is -2.42. The Hall–Kier alpha value is -1.10. The van der Waals surface area contributed by atoms with Crippen LogP contribution >= 0.6 is 0 Å². The highest BCUT2D eigenvalue weighted by Gasteiger charge is 2.38. The van der Waals surface area contributed by atoms with E-state index < -0.39 is 12.0 Å². The normalized spacial score (nSPS) is 24.6. The zero-order valence-electron chi connectivity index (χ0n) is 10.1. The number of hydrogen-bond acceptors (Lipinski definition) is 3. The number of rotatable bonds is 4. The average Bonchev–Trinajstić information content (AvgIpc) is 2.11. The molecule has 1 fully saturated rings. The molecule has 2 N–H and O–H groups in total. The van der Waals surface area contributed by atoms with Gasteiger partial charge in [0.05, 0.1) is 12.5 Å². The lowest BCUT2D eigenvalue weighted by atomic mass is 9.96. The Morgan fingerprint density at radius 2 is 2.25 bits per heavy atom. The van der Waals surface area contributed by atoms with E-state index in [1.54, 1.807) is 4.90 Å². The molecule has 5 nitrogen and oxygen atoms in total. The van der Waals surface area contributed by atoms with Crippen LogP contribution in [0.25, 0.3) is 0 Å². The zero-order chi connectivity index (χ0) is 12.3. The zero-order valence-corrected chi connectivity index (χ0v) is 10.1. The topological polar surface area (TPSA) is 69.6 Å². The molecule has 1 saturated heterocycles. The molecule has 5 heteroatoms. The van der Waals surface area contributed by atoms with Gasteiger partial charge in [0.25, 0.3) is 0 Å². The van der Waals surface area contributed by atoms with Crippen molar-refractivity contribution in [2.75, 3.05) is 13.1 Å². The number of carbonyl (C=O) groups excluding carboxylic acids is 1. The molecule has 1 atom stereocenters. The van der Waals surface area contributed by atoms with Gasteiger partial charge in [0.15, 0.2) is 0 Å². The van der Waals surface area contributed by atoms with Crippen LogP contribution in [0.5, 0.6) is 0 Å². The van der Waals surface area contributed by atoms with Gasteiger partial charge in [-0.05, 0) is 20.3 Å². The predicted molar refractivity (Wildman–Crippen MR) is 60.1 cm³/mol. The van der Waals surface area contributed by atoms with E-state index in [-0.39, 0.29) is 17.9 Å². The van der Waals surface area contributed by atoms with E-state index in [0.29, 0.717) is 13.1 Å². The molecule has 16 heavy (non-hydrogen) atoms. The summed E-state index contributed by atoms with van der Waals surface area (Å²) in [5.74, 6) is -1.04. The van der Waals surface area contributed by atoms with Gasteiger partial charge in [-0.15, -0.1) is 0 Å². The quantitative estimate of drug-likeness (QED) is 0.733. The van der Waals surface area contributed by atoms with Crippen LogP contribution in [0.2, 0.25) is 0 Å². The van der Waals surface area contributed by atoms with Gasteiger partial charge in [0.1, 0.15) is 0 Å². The van der Waals surface area contributed by atoms with E-state index in [2.05, 4.69) is 5.32 Å². The second-order valence-corrected chi connectivity index (χ2v) is 4.94. The molecule has 92 valence electrons. The molecule has 1 amide bonds. The van der Waals surface area contributed by atoms with Crippen LogP contribution in [0.15, 0.2) is 0 Å². The summed E-state index contributed by atoms with van der Waals surface area (Å²) in [4.78, 5) is 24.4. The maximum absolute atomic E-state index is 11.9. The van der Waals surface area contributed by atoms with Crippen LogP contribution in [0.4, 0.5) is 0 Å². The van der Waals surface area contributed by atoms with Crippen LogP contribution in [0.3, 0.4) is 0 Å². The van der Waals surface area contributed by atoms with Gasteiger partial charge in [-0.1, -0.05) is 6.92 Å². The molecule has 0 aromatic rings. The summed E-state index contributed by atoms with van der Waals surface area (Å²) in [6, 6.07) is -0.590. The summed E-state index contributed by atoms with van der Waals surface area (Å²) in [7, 11) is 0. The highest BCUT2D eigenvalue weighted by Crippen LogP contribution is 2.17. The van der Waals surface area contributed by atoms with E-state index in [0.717, 1.165) is 6.42 Å². The SMILES string of the molecule is CCCN1CC(C)(C)NC(CC(=O)O)C1=O. The van der Waals surface area contributed by atoms with Crippen molar-refractivity contribution >= 4 is 11.9 Å². The van der Waals surface area contributed by atoms with Gasteiger partial charge < -0.3 is 10.0 Å². The summed E-state index contributed by atoms with van der Waals surface area (Å²) in [5.41, 5.74) is -0.219. The Morgan fingerprint density at radius 3 is 2.75 bits per heavy atom. The standard InChI is InChI=1S/C11H20N2O3/c1-4-5-13-7-11(2,3)12-8(10(13)16)6-9(14)15/h8,12H,4-7H2,1-3H3,(H,14,15). The summed E-state index contributed by atoms with van der Waals surface area (Å²) >= 11 is 0. The van der Waals surface area contributed by atoms with Crippen LogP contribution < -0.4 is 5.32 Å². The van der Waals surface area contributed by atoms with Crippen molar-refractivity contribution in [3.63, 3.8) is 0 Å². The fourth-order valence-corrected chi connectivity index (χ4v) is 2.13. The predicted octanol–water partition coefficient (Wildman–Crippen LogP) is 0.450. The lowest BCUT2D eigenvalue weighted by molar-refractivity contribution is -0.146. The first-order valence-electron chi connectivity index (χ1n) is 5.64. The van der Waals surface area contributed by atoms with Crippen LogP contribution in [0.1, 0.15) is 33.6 Å². The van der Waals surface area contributed by atoms with E-state index in [1.165, 1.54) is 0 Å². The number of piperazine rings is 1. The number of amides is 1. The molecule has 0 radical (unpaired) electrons. The number of carboxylic acid groups (broad SMARTS) is 1. The minimum Gasteiger partial charge on any atom is -0.481 e. The van der Waals surface area contributed by atoms with Crippen LogP contribution in [-0.4, -0.2) is 46.6 Å². The van der Waals surface area contributed by atoms with Crippen molar-refractivity contribution in [1.82, 2.24) is 10.2 Å². The van der Waals surface area contributed by atoms with Gasteiger partial charge in [0, 0.05) is 18.6 Å². The van der Waals surface area contributed by atoms with Gasteiger partial charge in [-0.3, -0.25) is 14.9 Å². The van der Waals surface area contributed by atoms with E-state index >= 15 is 0 Å². The van der Waals surface area contributed by atoms with Crippen molar-refractivity contribution < 1.29 is 14.7 Å². The Labute approximate surface area is 95.8 Å². The Kier molecular flexibility index (Phi) is 3.91. The smallest absolute Gasteiger partial charge is 0.305 e. The molecule has 1 rings (SSSR count). The number of hydrogen-bond donors (Lipinski definition) is 2. The molecule has 1 heterocycles. The Morgan fingerprint density at radius 1 is 1.62 bits per heavy atom. The second-order valence-electron chi connectivity index (χ2n) is 4.94. The average molecular weight is 228 g/mol. The van der Waals surface area contributed by atoms with Crippen molar-refractivity contribution in [2.24, 2.45) is 0 Å². The van der Waals surface area contributed by atoms with Gasteiger partial charge in [0.2, 0.25) is 5.91 Å². The summed E-state index contributed by atoms with van der Waals surface area (Å²) < 4.78 is 0. The molecule has 0 saturated carbocycles. The van der Waals surface area contributed by atoms with Crippen LogP contribution in [-0.2, 0) is 9.59 Å². The molecule has 0 bridgehead atoms. The monoisotopic (exact) mass is 228 g/mol. The maximum Gasteiger partial charge on any atom is 0.305 e. The molecule has 1 unspecified atom stereocenters. The van der Waals surface area contributed by atoms with Crippen molar-refractivity contribution in [3.05, 3.63) is 0 Å². The Balaban J connectivity index is 2.76. The summed E-state index contributed by atoms with van der Waals surface area (Å²) in [6.07, 6.45) is 0.740. The van der Waals surface area contributed by atoms with E-state index in [1.807, 2.05) is 20.8 Å². The molecule has 0 aromatic heterocycles. The first-order valence-corrected chi connectivity index (χ1v) is 5.64. The number of nitrogens with zero attached hydrogens (tertiary/aromatic N) is 1.